The lowest BCUT2D eigenvalue weighted by Crippen LogP contribution is -2.53. The molecule has 0 bridgehead atoms. The van der Waals surface area contributed by atoms with Crippen molar-refractivity contribution in [2.45, 2.75) is 83.2 Å². The van der Waals surface area contributed by atoms with Gasteiger partial charge in [0.1, 0.15) is 22.7 Å². The third kappa shape index (κ3) is 6.70. The summed E-state index contributed by atoms with van der Waals surface area (Å²) >= 11 is 0. The summed E-state index contributed by atoms with van der Waals surface area (Å²) in [7, 11) is 0. The molecular weight excluding hydrogens is 473 g/mol. The van der Waals surface area contributed by atoms with Crippen LogP contribution in [0.2, 0.25) is 0 Å². The minimum absolute atomic E-state index is 0.310. The van der Waals surface area contributed by atoms with Crippen molar-refractivity contribution in [3.05, 3.63) is 29.8 Å². The number of alkyl halides is 3. The second kappa shape index (κ2) is 10.3. The number of hydrogen-bond acceptors (Lipinski definition) is 6. The number of benzene rings is 1. The molecule has 1 N–H and O–H groups in total. The van der Waals surface area contributed by atoms with Gasteiger partial charge in [-0.2, -0.15) is 0 Å². The Hall–Kier alpha value is -2.78. The normalized spacial score (nSPS) is 20.7. The summed E-state index contributed by atoms with van der Waals surface area (Å²) in [5.41, 5.74) is -0.772. The van der Waals surface area contributed by atoms with Gasteiger partial charge in [-0.25, -0.2) is 9.79 Å². The first-order valence-corrected chi connectivity index (χ1v) is 12.7. The zero-order valence-corrected chi connectivity index (χ0v) is 21.2. The van der Waals surface area contributed by atoms with Gasteiger partial charge in [-0.1, -0.05) is 31.4 Å². The van der Waals surface area contributed by atoms with Crippen LogP contribution in [-0.2, 0) is 4.74 Å². The Morgan fingerprint density at radius 2 is 1.83 bits per heavy atom. The fraction of sp³-hybridized carbons (Fsp3) is 0.654. The van der Waals surface area contributed by atoms with Crippen LogP contribution in [0.15, 0.2) is 34.3 Å². The van der Waals surface area contributed by atoms with Gasteiger partial charge in [0.15, 0.2) is 5.84 Å². The van der Waals surface area contributed by atoms with E-state index in [0.29, 0.717) is 43.2 Å². The lowest BCUT2D eigenvalue weighted by atomic mass is 9.86. The van der Waals surface area contributed by atoms with E-state index < -0.39 is 17.5 Å². The summed E-state index contributed by atoms with van der Waals surface area (Å²) in [5, 5.41) is 3.54. The average Bonchev–Trinajstić information content (AvgIpc) is 3.14. The third-order valence-corrected chi connectivity index (χ3v) is 6.83. The van der Waals surface area contributed by atoms with Gasteiger partial charge < -0.3 is 19.7 Å². The highest BCUT2D eigenvalue weighted by molar-refractivity contribution is 6.14. The van der Waals surface area contributed by atoms with E-state index in [0.717, 1.165) is 12.4 Å². The molecule has 0 radical (unpaired) electrons. The van der Waals surface area contributed by atoms with Crippen LogP contribution in [0.3, 0.4) is 0 Å². The molecule has 0 atom stereocenters. The fourth-order valence-corrected chi connectivity index (χ4v) is 5.02. The van der Waals surface area contributed by atoms with Crippen LogP contribution in [0.1, 0.15) is 71.3 Å². The number of nitrogens with zero attached hydrogens (tertiary/aromatic N) is 3. The van der Waals surface area contributed by atoms with Gasteiger partial charge in [0.05, 0.1) is 0 Å². The molecule has 10 heteroatoms. The first kappa shape index (κ1) is 26.3. The van der Waals surface area contributed by atoms with Crippen LogP contribution in [0.5, 0.6) is 5.75 Å². The number of amidine groups is 2. The first-order chi connectivity index (χ1) is 16.9. The molecule has 0 unspecified atom stereocenters. The lowest BCUT2D eigenvalue weighted by molar-refractivity contribution is -0.274. The van der Waals surface area contributed by atoms with Gasteiger partial charge in [0.25, 0.3) is 0 Å². The largest absolute Gasteiger partial charge is 0.573 e. The molecule has 7 nitrogen and oxygen atoms in total. The highest BCUT2D eigenvalue weighted by Crippen LogP contribution is 2.34. The molecule has 1 aromatic rings. The number of aliphatic imine (C=N–C) groups is 2. The predicted molar refractivity (Wildman–Crippen MR) is 131 cm³/mol. The molecular formula is C26H35F3N4O3. The molecule has 198 valence electrons. The maximum Gasteiger partial charge on any atom is 0.573 e. The zero-order chi connectivity index (χ0) is 26.0. The number of rotatable bonds is 4. The van der Waals surface area contributed by atoms with E-state index in [4.69, 9.17) is 14.7 Å². The second-order valence-corrected chi connectivity index (χ2v) is 10.9. The Labute approximate surface area is 210 Å². The first-order valence-electron chi connectivity index (χ1n) is 12.7. The van der Waals surface area contributed by atoms with Crippen molar-refractivity contribution in [1.82, 2.24) is 10.2 Å². The van der Waals surface area contributed by atoms with Crippen LogP contribution in [-0.4, -0.2) is 59.8 Å². The van der Waals surface area contributed by atoms with Crippen LogP contribution < -0.4 is 10.1 Å². The van der Waals surface area contributed by atoms with Gasteiger partial charge in [0.2, 0.25) is 0 Å². The number of nitrogens with one attached hydrogen (secondary N) is 1. The van der Waals surface area contributed by atoms with E-state index in [2.05, 4.69) is 10.1 Å². The number of piperidine rings is 1. The van der Waals surface area contributed by atoms with E-state index in [1.54, 1.807) is 11.0 Å². The standard InChI is InChI=1S/C26H35F3N4O3/c1-24(2,3)36-23(34)33-14-12-25(13-15-33)22(30-17-18-8-5-4-6-9-18)31-21(32-25)19-10-7-11-20(16-19)35-26(27,28)29/h7,10-11,16,18H,4-6,8-9,12-15,17H2,1-3H3,(H,30,31,32). The van der Waals surface area contributed by atoms with Gasteiger partial charge in [0, 0.05) is 25.2 Å². The number of carbonyl (C=O) groups is 1. The Balaban J connectivity index is 1.54. The highest BCUT2D eigenvalue weighted by atomic mass is 19.4. The van der Waals surface area contributed by atoms with E-state index in [1.807, 2.05) is 20.8 Å². The molecule has 1 aromatic carbocycles. The molecule has 2 fully saturated rings. The molecule has 3 aliphatic rings. The zero-order valence-electron chi connectivity index (χ0n) is 21.2. The highest BCUT2D eigenvalue weighted by Gasteiger charge is 2.45. The van der Waals surface area contributed by atoms with Crippen molar-refractivity contribution < 1.29 is 27.4 Å². The number of ether oxygens (including phenoxy) is 2. The third-order valence-electron chi connectivity index (χ3n) is 6.83. The number of likely N-dealkylation sites (tertiary alicyclic amines) is 1. The topological polar surface area (TPSA) is 75.5 Å². The van der Waals surface area contributed by atoms with Crippen LogP contribution in [0, 0.1) is 5.92 Å². The van der Waals surface area contributed by atoms with E-state index >= 15 is 0 Å². The quantitative estimate of drug-likeness (QED) is 0.568. The minimum atomic E-state index is -4.78. The summed E-state index contributed by atoms with van der Waals surface area (Å²) in [6, 6.07) is 5.75. The fourth-order valence-electron chi connectivity index (χ4n) is 5.02. The maximum atomic E-state index is 12.7. The van der Waals surface area contributed by atoms with Crippen molar-refractivity contribution in [2.75, 3.05) is 19.6 Å². The smallest absolute Gasteiger partial charge is 0.444 e. The Bertz CT molecular complexity index is 1000. The van der Waals surface area contributed by atoms with Crippen molar-refractivity contribution in [2.24, 2.45) is 15.9 Å². The summed E-state index contributed by atoms with van der Waals surface area (Å²) < 4.78 is 47.9. The molecule has 36 heavy (non-hydrogen) atoms. The molecule has 1 aliphatic carbocycles. The van der Waals surface area contributed by atoms with Crippen molar-refractivity contribution in [3.8, 4) is 5.75 Å². The minimum Gasteiger partial charge on any atom is -0.444 e. The molecule has 2 heterocycles. The number of carbonyl (C=O) groups excluding carboxylic acids is 1. The number of amides is 1. The van der Waals surface area contributed by atoms with E-state index in [9.17, 15) is 18.0 Å². The van der Waals surface area contributed by atoms with E-state index in [1.165, 1.54) is 50.3 Å². The Morgan fingerprint density at radius 1 is 1.14 bits per heavy atom. The van der Waals surface area contributed by atoms with Crippen molar-refractivity contribution in [3.63, 3.8) is 0 Å². The second-order valence-electron chi connectivity index (χ2n) is 10.9. The van der Waals surface area contributed by atoms with Gasteiger partial charge in [-0.05, 0) is 64.5 Å². The summed E-state index contributed by atoms with van der Waals surface area (Å²) in [4.78, 5) is 24.0. The Morgan fingerprint density at radius 3 is 2.47 bits per heavy atom. The molecule has 0 aromatic heterocycles. The van der Waals surface area contributed by atoms with Crippen molar-refractivity contribution >= 4 is 17.8 Å². The van der Waals surface area contributed by atoms with Gasteiger partial charge in [-0.15, -0.1) is 13.2 Å². The number of halogens is 3. The van der Waals surface area contributed by atoms with Crippen LogP contribution >= 0.6 is 0 Å². The average molecular weight is 509 g/mol. The molecule has 1 amide bonds. The predicted octanol–water partition coefficient (Wildman–Crippen LogP) is 5.68. The van der Waals surface area contributed by atoms with Gasteiger partial charge in [-0.3, -0.25) is 4.99 Å². The van der Waals surface area contributed by atoms with Crippen LogP contribution in [0.25, 0.3) is 0 Å². The maximum absolute atomic E-state index is 12.7. The Kier molecular flexibility index (Phi) is 7.52. The van der Waals surface area contributed by atoms with Crippen LogP contribution in [0.4, 0.5) is 18.0 Å². The summed E-state index contributed by atoms with van der Waals surface area (Å²) in [6.07, 6.45) is 2.02. The van der Waals surface area contributed by atoms with Gasteiger partial charge >= 0.3 is 12.5 Å². The molecule has 1 saturated heterocycles. The summed E-state index contributed by atoms with van der Waals surface area (Å²) in [6.45, 7) is 7.19. The summed E-state index contributed by atoms with van der Waals surface area (Å²) in [5.74, 6) is 1.36. The van der Waals surface area contributed by atoms with E-state index in [-0.39, 0.29) is 11.8 Å². The SMILES string of the molecule is CC(C)(C)OC(=O)N1CCC2(CC1)N=C(c1cccc(OC(F)(F)F)c1)N=C2NCC1CCCCC1. The van der Waals surface area contributed by atoms with Crippen molar-refractivity contribution in [1.29, 1.82) is 0 Å². The molecule has 1 saturated carbocycles. The lowest BCUT2D eigenvalue weighted by Gasteiger charge is -2.38. The molecule has 2 aliphatic heterocycles. The molecule has 4 rings (SSSR count). The molecule has 1 spiro atoms. The number of hydrogen-bond donors (Lipinski definition) is 1. The monoisotopic (exact) mass is 508 g/mol.